The average Bonchev–Trinajstić information content (AvgIpc) is 3.16. The normalized spacial score (nSPS) is 10.7. The number of nitrogens with one attached hydrogen (secondary N) is 2. The van der Waals surface area contributed by atoms with E-state index in [1.165, 1.54) is 0 Å². The maximum atomic E-state index is 11.1. The maximum absolute atomic E-state index is 11.1. The van der Waals surface area contributed by atoms with E-state index in [2.05, 4.69) is 54.2 Å². The van der Waals surface area contributed by atoms with E-state index in [1.807, 2.05) is 37.5 Å². The molecule has 0 aliphatic heterocycles. The molecule has 0 radical (unpaired) electrons. The summed E-state index contributed by atoms with van der Waals surface area (Å²) >= 11 is 0. The van der Waals surface area contributed by atoms with Crippen LogP contribution in [0.3, 0.4) is 0 Å². The Morgan fingerprint density at radius 2 is 1.82 bits per heavy atom. The number of aromatic nitrogens is 4. The molecule has 3 aromatic rings. The van der Waals surface area contributed by atoms with Crippen LogP contribution in [0.2, 0.25) is 18.1 Å². The van der Waals surface area contributed by atoms with Crippen molar-refractivity contribution in [3.05, 3.63) is 82.0 Å². The van der Waals surface area contributed by atoms with Gasteiger partial charge < -0.3 is 42.5 Å². The minimum Gasteiger partial charge on any atom is -0.632 e. The number of rotatable bonds is 9. The van der Waals surface area contributed by atoms with Crippen molar-refractivity contribution in [3.8, 4) is 11.3 Å². The van der Waals surface area contributed by atoms with Crippen LogP contribution < -0.4 is 5.32 Å². The Labute approximate surface area is 263 Å². The van der Waals surface area contributed by atoms with Crippen molar-refractivity contribution in [2.75, 3.05) is 11.9 Å². The number of hydrogen-bond donors (Lipinski definition) is 1. The number of ether oxygens (including phenoxy) is 1. The minimum absolute atomic E-state index is 0. The zero-order valence-electron chi connectivity index (χ0n) is 24.2. The summed E-state index contributed by atoms with van der Waals surface area (Å²) in [5.41, 5.74) is 11.4. The Kier molecular flexibility index (Phi) is 16.4. The van der Waals surface area contributed by atoms with Crippen molar-refractivity contribution in [1.29, 1.82) is 0 Å². The summed E-state index contributed by atoms with van der Waals surface area (Å²) in [6, 6.07) is 7.74. The number of benzene rings is 1. The van der Waals surface area contributed by atoms with Crippen molar-refractivity contribution in [1.82, 2.24) is 19.7 Å². The maximum Gasteiger partial charge on any atom is 4.00 e. The molecule has 0 spiro atoms. The number of carbonyl (C=O) groups excluding carboxylic acids is 1. The first-order valence-corrected chi connectivity index (χ1v) is 14.1. The number of hydrogen-bond acceptors (Lipinski definition) is 7. The second kappa shape index (κ2) is 16.3. The molecule has 0 bridgehead atoms. The van der Waals surface area contributed by atoms with Crippen LogP contribution in [-0.2, 0) is 29.2 Å². The van der Waals surface area contributed by atoms with Crippen LogP contribution in [0.1, 0.15) is 31.9 Å². The molecule has 0 saturated heterocycles. The Morgan fingerprint density at radius 3 is 2.39 bits per heavy atom. The smallest absolute Gasteiger partial charge is 0.632 e. The summed E-state index contributed by atoms with van der Waals surface area (Å²) in [6.07, 6.45) is 4.88. The fraction of sp³-hybridized carbons (Fsp3) is 0.370. The molecular formula is C27H42CeN6O3Si. The topological polar surface area (TPSA) is 115 Å². The van der Waals surface area contributed by atoms with Gasteiger partial charge in [-0.25, -0.2) is 9.97 Å². The predicted molar refractivity (Wildman–Crippen MR) is 155 cm³/mol. The molecule has 11 heteroatoms. The van der Waals surface area contributed by atoms with Crippen molar-refractivity contribution in [3.63, 3.8) is 0 Å². The van der Waals surface area contributed by atoms with E-state index in [9.17, 15) is 4.79 Å². The molecule has 2 N–H and O–H groups in total. The molecule has 1 amide bonds. The first kappa shape index (κ1) is 38.3. The molecule has 1 aromatic carbocycles. The largest absolute Gasteiger partial charge is 4.00 e. The number of aryl methyl sites for hydroxylation is 1. The summed E-state index contributed by atoms with van der Waals surface area (Å²) in [6.45, 7) is 11.7. The molecule has 0 fully saturated rings. The molecule has 0 aliphatic carbocycles. The van der Waals surface area contributed by atoms with Crippen LogP contribution in [0.5, 0.6) is 0 Å². The molecule has 2 heterocycles. The number of nitrogens with zero attached hydrogens (tertiary/aromatic N) is 4. The Morgan fingerprint density at radius 1 is 1.13 bits per heavy atom. The monoisotopic (exact) mass is 666 g/mol. The van der Waals surface area contributed by atoms with Crippen LogP contribution in [0, 0.1) is 64.0 Å². The predicted octanol–water partition coefficient (Wildman–Crippen LogP) is 7.22. The van der Waals surface area contributed by atoms with E-state index in [1.54, 1.807) is 17.1 Å². The van der Waals surface area contributed by atoms with E-state index >= 15 is 0 Å². The van der Waals surface area contributed by atoms with Gasteiger partial charge in [0, 0.05) is 31.6 Å². The summed E-state index contributed by atoms with van der Waals surface area (Å²) in [7, 11) is -0.0384. The van der Waals surface area contributed by atoms with Gasteiger partial charge in [-0.15, -0.1) is 0 Å². The first-order chi connectivity index (χ1) is 15.9. The van der Waals surface area contributed by atoms with E-state index in [0.29, 0.717) is 19.0 Å². The number of carbonyl (C=O) groups is 1. The Balaban J connectivity index is 0. The molecule has 38 heavy (non-hydrogen) atoms. The van der Waals surface area contributed by atoms with Gasteiger partial charge in [-0.05, 0) is 47.8 Å². The van der Waals surface area contributed by atoms with E-state index in [4.69, 9.17) is 14.9 Å². The van der Waals surface area contributed by atoms with Crippen molar-refractivity contribution >= 4 is 26.0 Å². The third-order valence-electron chi connectivity index (χ3n) is 6.12. The average molecular weight is 667 g/mol. The van der Waals surface area contributed by atoms with E-state index in [-0.39, 0.29) is 75.7 Å². The van der Waals surface area contributed by atoms with Gasteiger partial charge in [0.25, 0.3) is 0 Å². The van der Waals surface area contributed by atoms with E-state index < -0.39 is 14.4 Å². The molecule has 3 rings (SSSR count). The second-order valence-electron chi connectivity index (χ2n) is 9.71. The zero-order chi connectivity index (χ0) is 24.9. The molecule has 0 unspecified atom stereocenters. The summed E-state index contributed by atoms with van der Waals surface area (Å²) in [5.74, 6) is 0.473. The summed E-state index contributed by atoms with van der Waals surface area (Å²) < 4.78 is 13.0. The summed E-state index contributed by atoms with van der Waals surface area (Å²) in [5, 5.41) is 7.43. The molecule has 2 aromatic heterocycles. The fourth-order valence-corrected chi connectivity index (χ4v) is 4.17. The minimum atomic E-state index is -1.88. The first-order valence-electron chi connectivity index (χ1n) is 11.2. The van der Waals surface area contributed by atoms with Gasteiger partial charge in [-0.2, -0.15) is 5.10 Å². The molecule has 9 nitrogen and oxygen atoms in total. The van der Waals surface area contributed by atoms with Crippen molar-refractivity contribution in [2.45, 2.75) is 51.9 Å². The standard InChI is InChI=1S/C24H34N6O3Si.3CH3.Ce/c1-24(2,3)34(5,6)33-12-10-17-13-18(7-8-19(17)16-32-22(25)31)21-9-11-26-23(29-21)28-20-14-27-30(4)15-20;;;;/h7-9,11,13-15H,10,12,16H2,1-6H3,(H3,25,26,28,29,31);3*1H3;/q;3*-1;+4/p-1. The quantitative estimate of drug-likeness (QED) is 0.189. The van der Waals surface area contributed by atoms with E-state index in [0.717, 1.165) is 28.1 Å². The Hall–Kier alpha value is -1.87. The van der Waals surface area contributed by atoms with Gasteiger partial charge in [-0.1, -0.05) is 32.9 Å². The van der Waals surface area contributed by atoms with Gasteiger partial charge in [0.05, 0.1) is 17.6 Å². The number of amides is 1. The Bertz CT molecular complexity index is 1150. The van der Waals surface area contributed by atoms with Gasteiger partial charge in [0.2, 0.25) is 12.0 Å². The zero-order valence-corrected chi connectivity index (χ0v) is 28.3. The fourth-order valence-electron chi connectivity index (χ4n) is 3.13. The molecular weight excluding hydrogens is 625 g/mol. The second-order valence-corrected chi connectivity index (χ2v) is 14.5. The molecule has 0 atom stereocenters. The molecule has 0 saturated carbocycles. The SMILES string of the molecule is Cn1cc(Nc2nccc(-c3ccc(COC([NH-])=O)c(CCO[Si](C)(C)C(C)(C)C)c3)n2)cn1.[CH3-].[CH3-].[CH3-].[Ce+4]. The van der Waals surface area contributed by atoms with Gasteiger partial charge in [0.1, 0.15) is 6.61 Å². The van der Waals surface area contributed by atoms with Crippen molar-refractivity contribution < 1.29 is 55.7 Å². The van der Waals surface area contributed by atoms with Crippen LogP contribution in [0.25, 0.3) is 17.0 Å². The number of anilines is 2. The van der Waals surface area contributed by atoms with Gasteiger partial charge >= 0.3 is 41.7 Å². The van der Waals surface area contributed by atoms with Crippen LogP contribution >= 0.6 is 0 Å². The third kappa shape index (κ3) is 10.7. The van der Waals surface area contributed by atoms with Gasteiger partial charge in [-0.3, -0.25) is 9.48 Å². The van der Waals surface area contributed by atoms with Crippen molar-refractivity contribution in [2.24, 2.45) is 7.05 Å². The van der Waals surface area contributed by atoms with Crippen LogP contribution in [0.4, 0.5) is 16.4 Å². The van der Waals surface area contributed by atoms with Gasteiger partial charge in [0.15, 0.2) is 8.32 Å². The van der Waals surface area contributed by atoms with Crippen LogP contribution in [0.15, 0.2) is 42.9 Å². The third-order valence-corrected chi connectivity index (χ3v) is 10.7. The molecule has 206 valence electrons. The molecule has 0 aliphatic rings. The van der Waals surface area contributed by atoms with Crippen LogP contribution in [-0.4, -0.2) is 40.8 Å². The summed E-state index contributed by atoms with van der Waals surface area (Å²) in [4.78, 5) is 20.0.